The third kappa shape index (κ3) is 2.94. The number of rotatable bonds is 1. The standard InChI is InChI=1S/C11H12N2.C2H6/c1-9-3-5-10(6-4-9)11-7-8-13(2)12-11;1-2/h3-8H,1-2H3;1-2H3. The molecular formula is C13H18N2. The van der Waals surface area contributed by atoms with E-state index in [-0.39, 0.29) is 0 Å². The molecule has 0 radical (unpaired) electrons. The molecule has 15 heavy (non-hydrogen) atoms. The topological polar surface area (TPSA) is 17.8 Å². The number of aromatic nitrogens is 2. The van der Waals surface area contributed by atoms with Gasteiger partial charge >= 0.3 is 0 Å². The average Bonchev–Trinajstić information content (AvgIpc) is 2.69. The van der Waals surface area contributed by atoms with E-state index in [2.05, 4.69) is 36.3 Å². The highest BCUT2D eigenvalue weighted by Gasteiger charge is 1.98. The van der Waals surface area contributed by atoms with Gasteiger partial charge in [0.05, 0.1) is 5.69 Å². The molecule has 2 aromatic rings. The minimum absolute atomic E-state index is 1.03. The fourth-order valence-corrected chi connectivity index (χ4v) is 1.29. The van der Waals surface area contributed by atoms with Crippen LogP contribution < -0.4 is 0 Å². The summed E-state index contributed by atoms with van der Waals surface area (Å²) in [5.41, 5.74) is 3.48. The van der Waals surface area contributed by atoms with Crippen molar-refractivity contribution in [3.8, 4) is 11.3 Å². The summed E-state index contributed by atoms with van der Waals surface area (Å²) in [5.74, 6) is 0. The molecule has 0 unspecified atom stereocenters. The maximum atomic E-state index is 4.33. The van der Waals surface area contributed by atoms with Gasteiger partial charge in [-0.3, -0.25) is 4.68 Å². The minimum atomic E-state index is 1.03. The van der Waals surface area contributed by atoms with E-state index in [0.29, 0.717) is 0 Å². The van der Waals surface area contributed by atoms with Crippen LogP contribution in [0.15, 0.2) is 36.5 Å². The minimum Gasteiger partial charge on any atom is -0.275 e. The second-order valence-corrected chi connectivity index (χ2v) is 3.24. The van der Waals surface area contributed by atoms with Crippen molar-refractivity contribution in [1.29, 1.82) is 0 Å². The van der Waals surface area contributed by atoms with Crippen molar-refractivity contribution < 1.29 is 0 Å². The lowest BCUT2D eigenvalue weighted by Crippen LogP contribution is -1.87. The first-order valence-electron chi connectivity index (χ1n) is 5.32. The zero-order valence-corrected chi connectivity index (χ0v) is 9.86. The fraction of sp³-hybridized carbons (Fsp3) is 0.308. The van der Waals surface area contributed by atoms with E-state index in [0.717, 1.165) is 5.69 Å². The van der Waals surface area contributed by atoms with Gasteiger partial charge < -0.3 is 0 Å². The maximum Gasteiger partial charge on any atom is 0.0923 e. The Morgan fingerprint density at radius 3 is 2.07 bits per heavy atom. The second-order valence-electron chi connectivity index (χ2n) is 3.24. The van der Waals surface area contributed by atoms with Crippen molar-refractivity contribution in [2.24, 2.45) is 7.05 Å². The van der Waals surface area contributed by atoms with Gasteiger partial charge in [0.25, 0.3) is 0 Å². The average molecular weight is 202 g/mol. The van der Waals surface area contributed by atoms with Crippen molar-refractivity contribution in [3.05, 3.63) is 42.1 Å². The molecule has 0 amide bonds. The van der Waals surface area contributed by atoms with Crippen LogP contribution in [0.2, 0.25) is 0 Å². The van der Waals surface area contributed by atoms with Gasteiger partial charge in [0, 0.05) is 18.8 Å². The lowest BCUT2D eigenvalue weighted by Gasteiger charge is -1.96. The normalized spacial score (nSPS) is 9.33. The first kappa shape index (κ1) is 11.5. The largest absolute Gasteiger partial charge is 0.275 e. The first-order chi connectivity index (χ1) is 7.25. The highest BCUT2D eigenvalue weighted by Crippen LogP contribution is 2.16. The second kappa shape index (κ2) is 5.35. The van der Waals surface area contributed by atoms with Crippen LogP contribution in [0.5, 0.6) is 0 Å². The molecule has 0 fully saturated rings. The summed E-state index contributed by atoms with van der Waals surface area (Å²) in [6, 6.07) is 10.4. The van der Waals surface area contributed by atoms with Crippen LogP contribution in [0, 0.1) is 6.92 Å². The Morgan fingerprint density at radius 2 is 1.60 bits per heavy atom. The Bertz CT molecular complexity index is 399. The summed E-state index contributed by atoms with van der Waals surface area (Å²) < 4.78 is 1.81. The van der Waals surface area contributed by atoms with Gasteiger partial charge in [0.15, 0.2) is 0 Å². The maximum absolute atomic E-state index is 4.33. The van der Waals surface area contributed by atoms with Crippen molar-refractivity contribution in [1.82, 2.24) is 9.78 Å². The monoisotopic (exact) mass is 202 g/mol. The molecule has 2 heteroatoms. The van der Waals surface area contributed by atoms with Crippen LogP contribution in [-0.4, -0.2) is 9.78 Å². The number of hydrogen-bond donors (Lipinski definition) is 0. The molecular weight excluding hydrogens is 184 g/mol. The third-order valence-corrected chi connectivity index (χ3v) is 2.06. The number of aryl methyl sites for hydroxylation is 2. The molecule has 1 aromatic heterocycles. The SMILES string of the molecule is CC.Cc1ccc(-c2ccn(C)n2)cc1. The predicted molar refractivity (Wildman–Crippen MR) is 64.7 cm³/mol. The molecule has 0 N–H and O–H groups in total. The number of hydrogen-bond acceptors (Lipinski definition) is 1. The van der Waals surface area contributed by atoms with E-state index in [9.17, 15) is 0 Å². The van der Waals surface area contributed by atoms with E-state index in [1.165, 1.54) is 11.1 Å². The Hall–Kier alpha value is -1.57. The Balaban J connectivity index is 0.000000531. The summed E-state index contributed by atoms with van der Waals surface area (Å²) in [7, 11) is 1.93. The van der Waals surface area contributed by atoms with Crippen molar-refractivity contribution in [2.75, 3.05) is 0 Å². The molecule has 0 spiro atoms. The van der Waals surface area contributed by atoms with E-state index >= 15 is 0 Å². The van der Waals surface area contributed by atoms with Gasteiger partial charge in [-0.2, -0.15) is 5.10 Å². The smallest absolute Gasteiger partial charge is 0.0923 e. The lowest BCUT2D eigenvalue weighted by molar-refractivity contribution is 0.771. The zero-order valence-electron chi connectivity index (χ0n) is 9.86. The van der Waals surface area contributed by atoms with E-state index < -0.39 is 0 Å². The molecule has 0 bridgehead atoms. The highest BCUT2D eigenvalue weighted by molar-refractivity contribution is 5.58. The van der Waals surface area contributed by atoms with Crippen molar-refractivity contribution in [3.63, 3.8) is 0 Å². The van der Waals surface area contributed by atoms with Crippen LogP contribution in [0.1, 0.15) is 19.4 Å². The third-order valence-electron chi connectivity index (χ3n) is 2.06. The molecule has 0 aliphatic carbocycles. The summed E-state index contributed by atoms with van der Waals surface area (Å²) >= 11 is 0. The van der Waals surface area contributed by atoms with Gasteiger partial charge in [0.2, 0.25) is 0 Å². The number of nitrogens with zero attached hydrogens (tertiary/aromatic N) is 2. The summed E-state index contributed by atoms with van der Waals surface area (Å²) in [6.45, 7) is 6.09. The molecule has 80 valence electrons. The van der Waals surface area contributed by atoms with Crippen LogP contribution in [0.25, 0.3) is 11.3 Å². The van der Waals surface area contributed by atoms with Crippen LogP contribution in [0.4, 0.5) is 0 Å². The molecule has 0 saturated carbocycles. The number of benzene rings is 1. The fourth-order valence-electron chi connectivity index (χ4n) is 1.29. The summed E-state index contributed by atoms with van der Waals surface area (Å²) in [5, 5.41) is 4.33. The first-order valence-corrected chi connectivity index (χ1v) is 5.32. The lowest BCUT2D eigenvalue weighted by atomic mass is 10.1. The Morgan fingerprint density at radius 1 is 1.00 bits per heavy atom. The van der Waals surface area contributed by atoms with Crippen molar-refractivity contribution >= 4 is 0 Å². The molecule has 0 atom stereocenters. The quantitative estimate of drug-likeness (QED) is 0.692. The van der Waals surface area contributed by atoms with E-state index in [1.54, 1.807) is 0 Å². The zero-order chi connectivity index (χ0) is 11.3. The van der Waals surface area contributed by atoms with E-state index in [1.807, 2.05) is 37.8 Å². The molecule has 0 aliphatic heterocycles. The molecule has 2 rings (SSSR count). The van der Waals surface area contributed by atoms with Gasteiger partial charge in [-0.15, -0.1) is 0 Å². The highest BCUT2D eigenvalue weighted by atomic mass is 15.2. The molecule has 1 aromatic carbocycles. The van der Waals surface area contributed by atoms with Gasteiger partial charge in [0.1, 0.15) is 0 Å². The van der Waals surface area contributed by atoms with Crippen LogP contribution in [-0.2, 0) is 7.05 Å². The van der Waals surface area contributed by atoms with Gasteiger partial charge in [-0.05, 0) is 13.0 Å². The Kier molecular flexibility index (Phi) is 4.10. The van der Waals surface area contributed by atoms with Crippen LogP contribution in [0.3, 0.4) is 0 Å². The van der Waals surface area contributed by atoms with Gasteiger partial charge in [-0.1, -0.05) is 43.7 Å². The predicted octanol–water partition coefficient (Wildman–Crippen LogP) is 3.42. The van der Waals surface area contributed by atoms with E-state index in [4.69, 9.17) is 0 Å². The summed E-state index contributed by atoms with van der Waals surface area (Å²) in [6.07, 6.45) is 1.95. The summed E-state index contributed by atoms with van der Waals surface area (Å²) in [4.78, 5) is 0. The molecule has 1 heterocycles. The molecule has 2 nitrogen and oxygen atoms in total. The van der Waals surface area contributed by atoms with Crippen molar-refractivity contribution in [2.45, 2.75) is 20.8 Å². The van der Waals surface area contributed by atoms with Crippen LogP contribution >= 0.6 is 0 Å². The molecule has 0 saturated heterocycles. The van der Waals surface area contributed by atoms with Gasteiger partial charge in [-0.25, -0.2) is 0 Å². The Labute approximate surface area is 91.6 Å². The molecule has 0 aliphatic rings.